The molecule has 1 unspecified atom stereocenters. The van der Waals surface area contributed by atoms with Gasteiger partial charge in [-0.15, -0.1) is 0 Å². The van der Waals surface area contributed by atoms with Crippen LogP contribution in [0, 0.1) is 0 Å². The lowest BCUT2D eigenvalue weighted by atomic mass is 9.90. The van der Waals surface area contributed by atoms with Crippen LogP contribution in [0.15, 0.2) is 34.8 Å². The number of esters is 4. The monoisotopic (exact) mass is 408 g/mol. The highest BCUT2D eigenvalue weighted by Gasteiger charge is 2.49. The highest BCUT2D eigenvalue weighted by atomic mass is 16.5. The third-order valence-corrected chi connectivity index (χ3v) is 4.60. The third-order valence-electron chi connectivity index (χ3n) is 4.60. The maximum absolute atomic E-state index is 12.7. The molecule has 0 bridgehead atoms. The first-order valence-corrected chi connectivity index (χ1v) is 8.92. The number of carbonyl (C=O) groups is 4. The van der Waals surface area contributed by atoms with Gasteiger partial charge in [-0.3, -0.25) is 0 Å². The molecule has 2 aliphatic rings. The van der Waals surface area contributed by atoms with Crippen molar-refractivity contribution in [2.75, 3.05) is 35.0 Å². The molecule has 1 atom stereocenters. The molecule has 0 aromatic carbocycles. The Balaban J connectivity index is 2.87. The molecule has 0 spiro atoms. The van der Waals surface area contributed by atoms with E-state index in [0.717, 1.165) is 41.3 Å². The number of methoxy groups -OCH3 is 4. The second-order valence-corrected chi connectivity index (χ2v) is 6.15. The number of hydrogen-bond donors (Lipinski definition) is 0. The topological polar surface area (TPSA) is 112 Å². The van der Waals surface area contributed by atoms with Crippen LogP contribution in [0.4, 0.5) is 0 Å². The summed E-state index contributed by atoms with van der Waals surface area (Å²) in [6.45, 7) is 2.54. The summed E-state index contributed by atoms with van der Waals surface area (Å²) in [4.78, 5) is 53.7. The number of fused-ring (bicyclic) bond motifs is 1. The van der Waals surface area contributed by atoms with Gasteiger partial charge in [0.15, 0.2) is 0 Å². The van der Waals surface area contributed by atoms with Gasteiger partial charge in [0, 0.05) is 18.9 Å². The predicted octanol–water partition coefficient (Wildman–Crippen LogP) is 0.458. The van der Waals surface area contributed by atoms with Crippen LogP contribution in [0.3, 0.4) is 0 Å². The smallest absolute Gasteiger partial charge is 0.355 e. The normalized spacial score (nSPS) is 17.9. The zero-order valence-corrected chi connectivity index (χ0v) is 17.0. The second kappa shape index (κ2) is 9.26. The maximum atomic E-state index is 12.7. The number of rotatable bonds is 7. The number of carbonyl (C=O) groups excluding carboxylic acids is 4. The van der Waals surface area contributed by atoms with Crippen molar-refractivity contribution in [1.29, 1.82) is 0 Å². The van der Waals surface area contributed by atoms with E-state index in [1.54, 1.807) is 11.1 Å². The van der Waals surface area contributed by atoms with Crippen molar-refractivity contribution in [3.8, 4) is 0 Å². The number of unbranched alkanes of at least 4 members (excludes halogenated alkanes) is 1. The third kappa shape index (κ3) is 3.82. The lowest BCUT2D eigenvalue weighted by Crippen LogP contribution is -2.49. The molecule has 0 amide bonds. The van der Waals surface area contributed by atoms with E-state index < -0.39 is 41.2 Å². The molecule has 10 nitrogen and oxygen atoms in total. The van der Waals surface area contributed by atoms with Crippen LogP contribution in [0.25, 0.3) is 0 Å². The standard InChI is InChI=1S/C19H24N2O8/c1-6-7-8-20-9-10-21-14(19(25)29-5)12(17(23)27-3)11(16(22)26-2)13(15(20)21)18(24)28-4/h9-10,15H,6-8H2,1-5H3. The van der Waals surface area contributed by atoms with Crippen LogP contribution in [0.1, 0.15) is 19.8 Å². The van der Waals surface area contributed by atoms with Crippen molar-refractivity contribution in [2.24, 2.45) is 0 Å². The molecule has 0 aliphatic carbocycles. The van der Waals surface area contributed by atoms with Gasteiger partial charge in [-0.25, -0.2) is 19.2 Å². The van der Waals surface area contributed by atoms with Gasteiger partial charge in [-0.05, 0) is 6.42 Å². The van der Waals surface area contributed by atoms with Crippen LogP contribution in [-0.4, -0.2) is 74.8 Å². The summed E-state index contributed by atoms with van der Waals surface area (Å²) in [5, 5.41) is 0. The summed E-state index contributed by atoms with van der Waals surface area (Å²) in [5.41, 5.74) is -1.18. The summed E-state index contributed by atoms with van der Waals surface area (Å²) in [6.07, 6.45) is 3.99. The minimum absolute atomic E-state index is 0.131. The van der Waals surface area contributed by atoms with E-state index in [2.05, 4.69) is 0 Å². The van der Waals surface area contributed by atoms with Crippen molar-refractivity contribution >= 4 is 23.9 Å². The van der Waals surface area contributed by atoms with E-state index in [4.69, 9.17) is 18.9 Å². The fourth-order valence-corrected chi connectivity index (χ4v) is 3.27. The van der Waals surface area contributed by atoms with Crippen LogP contribution in [-0.2, 0) is 38.1 Å². The molecule has 158 valence electrons. The molecule has 0 aromatic heterocycles. The van der Waals surface area contributed by atoms with Gasteiger partial charge in [0.1, 0.15) is 17.4 Å². The van der Waals surface area contributed by atoms with Gasteiger partial charge in [-0.2, -0.15) is 0 Å². The zero-order chi connectivity index (χ0) is 21.7. The second-order valence-electron chi connectivity index (χ2n) is 6.15. The summed E-state index contributed by atoms with van der Waals surface area (Å²) >= 11 is 0. The van der Waals surface area contributed by atoms with Gasteiger partial charge in [-0.1, -0.05) is 13.3 Å². The molecule has 0 N–H and O–H groups in total. The van der Waals surface area contributed by atoms with E-state index in [1.165, 1.54) is 11.1 Å². The first-order chi connectivity index (χ1) is 13.9. The summed E-state index contributed by atoms with van der Waals surface area (Å²) in [7, 11) is 4.50. The van der Waals surface area contributed by atoms with Crippen molar-refractivity contribution in [3.05, 3.63) is 34.8 Å². The summed E-state index contributed by atoms with van der Waals surface area (Å²) < 4.78 is 19.3. The van der Waals surface area contributed by atoms with E-state index in [-0.39, 0.29) is 11.3 Å². The van der Waals surface area contributed by atoms with Crippen molar-refractivity contribution < 1.29 is 38.1 Å². The molecule has 0 saturated carbocycles. The minimum Gasteiger partial charge on any atom is -0.466 e. The Morgan fingerprint density at radius 3 is 1.90 bits per heavy atom. The molecular formula is C19H24N2O8. The fourth-order valence-electron chi connectivity index (χ4n) is 3.27. The maximum Gasteiger partial charge on any atom is 0.355 e. The number of ether oxygens (including phenoxy) is 4. The van der Waals surface area contributed by atoms with Crippen LogP contribution in [0.2, 0.25) is 0 Å². The van der Waals surface area contributed by atoms with E-state index >= 15 is 0 Å². The summed E-state index contributed by atoms with van der Waals surface area (Å²) in [5.74, 6) is -3.68. The molecule has 10 heteroatoms. The van der Waals surface area contributed by atoms with Crippen LogP contribution >= 0.6 is 0 Å². The lowest BCUT2D eigenvalue weighted by Gasteiger charge is -2.38. The average molecular weight is 408 g/mol. The highest BCUT2D eigenvalue weighted by molar-refractivity contribution is 6.16. The minimum atomic E-state index is -0.994. The molecule has 0 radical (unpaired) electrons. The quantitative estimate of drug-likeness (QED) is 0.435. The fraction of sp³-hybridized carbons (Fsp3) is 0.474. The average Bonchev–Trinajstić information content (AvgIpc) is 3.16. The van der Waals surface area contributed by atoms with E-state index in [0.29, 0.717) is 6.54 Å². The van der Waals surface area contributed by atoms with E-state index in [1.807, 2.05) is 6.92 Å². The zero-order valence-electron chi connectivity index (χ0n) is 17.0. The molecule has 0 fully saturated rings. The van der Waals surface area contributed by atoms with Gasteiger partial charge < -0.3 is 28.7 Å². The Kier molecular flexibility index (Phi) is 7.03. The van der Waals surface area contributed by atoms with Gasteiger partial charge in [0.25, 0.3) is 0 Å². The van der Waals surface area contributed by atoms with Crippen LogP contribution < -0.4 is 0 Å². The molecule has 2 aliphatic heterocycles. The molecule has 0 saturated heterocycles. The largest absolute Gasteiger partial charge is 0.466 e. The Morgan fingerprint density at radius 1 is 0.828 bits per heavy atom. The van der Waals surface area contributed by atoms with Gasteiger partial charge in [0.2, 0.25) is 0 Å². The molecule has 2 rings (SSSR count). The van der Waals surface area contributed by atoms with Gasteiger partial charge >= 0.3 is 23.9 Å². The Labute approximate surface area is 168 Å². The van der Waals surface area contributed by atoms with Gasteiger partial charge in [0.05, 0.1) is 39.6 Å². The highest BCUT2D eigenvalue weighted by Crippen LogP contribution is 2.39. The molecular weight excluding hydrogens is 384 g/mol. The predicted molar refractivity (Wildman–Crippen MR) is 98.5 cm³/mol. The van der Waals surface area contributed by atoms with Crippen molar-refractivity contribution in [2.45, 2.75) is 25.9 Å². The Bertz CT molecular complexity index is 811. The number of hydrogen-bond acceptors (Lipinski definition) is 10. The SMILES string of the molecule is CCCCN1C=CN2C(C(=O)OC)=C(C(=O)OC)C(C(=O)OC)=C(C(=O)OC)C12. The molecule has 2 heterocycles. The molecule has 29 heavy (non-hydrogen) atoms. The summed E-state index contributed by atoms with van der Waals surface area (Å²) in [6, 6.07) is 0. The first-order valence-electron chi connectivity index (χ1n) is 8.92. The van der Waals surface area contributed by atoms with Crippen molar-refractivity contribution in [3.63, 3.8) is 0 Å². The van der Waals surface area contributed by atoms with Crippen molar-refractivity contribution in [1.82, 2.24) is 9.80 Å². The Hall–Kier alpha value is -3.30. The lowest BCUT2D eigenvalue weighted by molar-refractivity contribution is -0.144. The first kappa shape index (κ1) is 22.0. The molecule has 0 aromatic rings. The van der Waals surface area contributed by atoms with E-state index in [9.17, 15) is 19.2 Å². The number of nitrogens with zero attached hydrogens (tertiary/aromatic N) is 2. The Morgan fingerprint density at radius 2 is 1.38 bits per heavy atom. The van der Waals surface area contributed by atoms with Crippen LogP contribution in [0.5, 0.6) is 0 Å².